The van der Waals surface area contributed by atoms with Crippen LogP contribution in [0.15, 0.2) is 42.6 Å². The molecule has 1 heterocycles. The number of hydrogen-bond acceptors (Lipinski definition) is 1. The Kier molecular flexibility index (Phi) is 4.27. The molecule has 0 aliphatic carbocycles. The van der Waals surface area contributed by atoms with Crippen LogP contribution in [0.4, 0.5) is 0 Å². The summed E-state index contributed by atoms with van der Waals surface area (Å²) in [7, 11) is 0. The van der Waals surface area contributed by atoms with Crippen LogP contribution >= 0.6 is 11.6 Å². The van der Waals surface area contributed by atoms with Gasteiger partial charge in [0, 0.05) is 6.20 Å². The summed E-state index contributed by atoms with van der Waals surface area (Å²) in [6, 6.07) is 11.6. The molecule has 0 saturated heterocycles. The van der Waals surface area contributed by atoms with Crippen molar-refractivity contribution in [1.29, 1.82) is 0 Å². The Balaban J connectivity index is 2.16. The molecular formula is C15H17ClN2O. The maximum absolute atomic E-state index is 12.1. The molecule has 1 aromatic heterocycles. The predicted molar refractivity (Wildman–Crippen MR) is 77.3 cm³/mol. The van der Waals surface area contributed by atoms with Crippen molar-refractivity contribution in [2.24, 2.45) is 5.92 Å². The van der Waals surface area contributed by atoms with Crippen molar-refractivity contribution in [2.45, 2.75) is 19.9 Å². The minimum atomic E-state index is -0.144. The Morgan fingerprint density at radius 3 is 2.47 bits per heavy atom. The van der Waals surface area contributed by atoms with E-state index in [4.69, 9.17) is 11.6 Å². The van der Waals surface area contributed by atoms with Crippen LogP contribution < -0.4 is 5.32 Å². The molecular weight excluding hydrogens is 260 g/mol. The van der Waals surface area contributed by atoms with Gasteiger partial charge in [0.1, 0.15) is 5.69 Å². The molecule has 2 aromatic rings. The van der Waals surface area contributed by atoms with Crippen molar-refractivity contribution in [2.75, 3.05) is 0 Å². The maximum Gasteiger partial charge on any atom is 0.268 e. The first kappa shape index (κ1) is 13.7. The Hall–Kier alpha value is -1.74. The second-order valence-corrected chi connectivity index (χ2v) is 5.27. The third-order valence-electron chi connectivity index (χ3n) is 3.00. The first-order chi connectivity index (χ1) is 9.08. The molecule has 0 aliphatic heterocycles. The molecule has 0 saturated carbocycles. The monoisotopic (exact) mass is 276 g/mol. The molecule has 0 spiro atoms. The second kappa shape index (κ2) is 5.93. The van der Waals surface area contributed by atoms with Crippen molar-refractivity contribution in [3.63, 3.8) is 0 Å². The van der Waals surface area contributed by atoms with Gasteiger partial charge in [-0.25, -0.2) is 0 Å². The first-order valence-corrected chi connectivity index (χ1v) is 6.65. The number of carbonyl (C=O) groups is 1. The van der Waals surface area contributed by atoms with Gasteiger partial charge in [0.05, 0.1) is 11.1 Å². The standard InChI is InChI=1S/C15H17ClN2O/c1-10(2)14(11-6-4-3-5-7-11)18-15(19)13-8-12(16)9-17-13/h3-10,14,17H,1-2H3,(H,18,19). The molecule has 0 bridgehead atoms. The summed E-state index contributed by atoms with van der Waals surface area (Å²) >= 11 is 5.81. The number of aromatic nitrogens is 1. The van der Waals surface area contributed by atoms with Crippen LogP contribution in [-0.2, 0) is 0 Å². The molecule has 1 unspecified atom stereocenters. The fraction of sp³-hybridized carbons (Fsp3) is 0.267. The van der Waals surface area contributed by atoms with Crippen LogP contribution in [0.1, 0.15) is 35.9 Å². The van der Waals surface area contributed by atoms with E-state index in [2.05, 4.69) is 24.1 Å². The molecule has 19 heavy (non-hydrogen) atoms. The lowest BCUT2D eigenvalue weighted by Gasteiger charge is -2.22. The Bertz CT molecular complexity index is 548. The van der Waals surface area contributed by atoms with Gasteiger partial charge in [-0.15, -0.1) is 0 Å². The summed E-state index contributed by atoms with van der Waals surface area (Å²) in [5.41, 5.74) is 1.58. The highest BCUT2D eigenvalue weighted by Crippen LogP contribution is 2.22. The minimum absolute atomic E-state index is 0.0178. The number of carbonyl (C=O) groups excluding carboxylic acids is 1. The third-order valence-corrected chi connectivity index (χ3v) is 3.22. The minimum Gasteiger partial charge on any atom is -0.356 e. The number of hydrogen-bond donors (Lipinski definition) is 2. The lowest BCUT2D eigenvalue weighted by Crippen LogP contribution is -2.31. The van der Waals surface area contributed by atoms with E-state index >= 15 is 0 Å². The summed E-state index contributed by atoms with van der Waals surface area (Å²) in [5.74, 6) is 0.159. The molecule has 2 rings (SSSR count). The second-order valence-electron chi connectivity index (χ2n) is 4.84. The number of rotatable bonds is 4. The summed E-state index contributed by atoms with van der Waals surface area (Å²) in [6.45, 7) is 4.17. The van der Waals surface area contributed by atoms with Crippen molar-refractivity contribution in [3.8, 4) is 0 Å². The van der Waals surface area contributed by atoms with E-state index in [1.165, 1.54) is 0 Å². The first-order valence-electron chi connectivity index (χ1n) is 6.27. The Morgan fingerprint density at radius 1 is 1.26 bits per heavy atom. The normalized spacial score (nSPS) is 12.4. The number of H-pyrrole nitrogens is 1. The summed E-state index contributed by atoms with van der Waals surface area (Å²) < 4.78 is 0. The lowest BCUT2D eigenvalue weighted by molar-refractivity contribution is 0.0921. The van der Waals surface area contributed by atoms with Gasteiger partial charge >= 0.3 is 0 Å². The number of aromatic amines is 1. The van der Waals surface area contributed by atoms with E-state index in [0.29, 0.717) is 16.6 Å². The summed E-state index contributed by atoms with van der Waals surface area (Å²) in [4.78, 5) is 15.0. The molecule has 0 aliphatic rings. The van der Waals surface area contributed by atoms with E-state index in [1.807, 2.05) is 30.3 Å². The zero-order valence-corrected chi connectivity index (χ0v) is 11.7. The molecule has 4 heteroatoms. The van der Waals surface area contributed by atoms with E-state index < -0.39 is 0 Å². The zero-order valence-electron chi connectivity index (χ0n) is 11.0. The van der Waals surface area contributed by atoms with Crippen molar-refractivity contribution < 1.29 is 4.79 Å². The van der Waals surface area contributed by atoms with Crippen molar-refractivity contribution >= 4 is 17.5 Å². The molecule has 100 valence electrons. The fourth-order valence-electron chi connectivity index (χ4n) is 2.01. The lowest BCUT2D eigenvalue weighted by atomic mass is 9.96. The van der Waals surface area contributed by atoms with Gasteiger partial charge < -0.3 is 10.3 Å². The average Bonchev–Trinajstić information content (AvgIpc) is 2.83. The Morgan fingerprint density at radius 2 is 1.95 bits per heavy atom. The number of benzene rings is 1. The Labute approximate surface area is 118 Å². The number of amides is 1. The quantitative estimate of drug-likeness (QED) is 0.877. The van der Waals surface area contributed by atoms with Gasteiger partial charge in [-0.05, 0) is 17.5 Å². The van der Waals surface area contributed by atoms with Crippen LogP contribution in [0.25, 0.3) is 0 Å². The molecule has 3 nitrogen and oxygen atoms in total. The van der Waals surface area contributed by atoms with Crippen LogP contribution in [-0.4, -0.2) is 10.9 Å². The molecule has 1 amide bonds. The molecule has 0 radical (unpaired) electrons. The highest BCUT2D eigenvalue weighted by atomic mass is 35.5. The van der Waals surface area contributed by atoms with Gasteiger partial charge in [-0.3, -0.25) is 4.79 Å². The van der Waals surface area contributed by atoms with Gasteiger partial charge in [0.2, 0.25) is 0 Å². The topological polar surface area (TPSA) is 44.9 Å². The van der Waals surface area contributed by atoms with Crippen LogP contribution in [0, 0.1) is 5.92 Å². The maximum atomic E-state index is 12.1. The molecule has 1 aromatic carbocycles. The smallest absolute Gasteiger partial charge is 0.268 e. The van der Waals surface area contributed by atoms with Gasteiger partial charge in [0.25, 0.3) is 5.91 Å². The van der Waals surface area contributed by atoms with Crippen LogP contribution in [0.5, 0.6) is 0 Å². The van der Waals surface area contributed by atoms with Gasteiger partial charge in [-0.1, -0.05) is 55.8 Å². The highest BCUT2D eigenvalue weighted by Gasteiger charge is 2.19. The highest BCUT2D eigenvalue weighted by molar-refractivity contribution is 6.30. The SMILES string of the molecule is CC(C)C(NC(=O)c1cc(Cl)c[nH]1)c1ccccc1. The average molecular weight is 277 g/mol. The van der Waals surface area contributed by atoms with Crippen molar-refractivity contribution in [1.82, 2.24) is 10.3 Å². The van der Waals surface area contributed by atoms with Crippen LogP contribution in [0.2, 0.25) is 5.02 Å². The molecule has 0 fully saturated rings. The summed E-state index contributed by atoms with van der Waals surface area (Å²) in [5, 5.41) is 3.57. The van der Waals surface area contributed by atoms with Gasteiger partial charge in [0.15, 0.2) is 0 Å². The van der Waals surface area contributed by atoms with E-state index in [9.17, 15) is 4.79 Å². The predicted octanol–water partition coefficient (Wildman–Crippen LogP) is 3.80. The number of nitrogens with one attached hydrogen (secondary N) is 2. The van der Waals surface area contributed by atoms with Crippen LogP contribution in [0.3, 0.4) is 0 Å². The fourth-order valence-corrected chi connectivity index (χ4v) is 2.18. The van der Waals surface area contributed by atoms with Gasteiger partial charge in [-0.2, -0.15) is 0 Å². The largest absolute Gasteiger partial charge is 0.356 e. The van der Waals surface area contributed by atoms with E-state index in [1.54, 1.807) is 12.3 Å². The van der Waals surface area contributed by atoms with E-state index in [-0.39, 0.29) is 11.9 Å². The number of halogens is 1. The summed E-state index contributed by atoms with van der Waals surface area (Å²) in [6.07, 6.45) is 1.60. The van der Waals surface area contributed by atoms with Crippen molar-refractivity contribution in [3.05, 3.63) is 58.9 Å². The third kappa shape index (κ3) is 3.38. The molecule has 2 N–H and O–H groups in total. The zero-order chi connectivity index (χ0) is 13.8. The molecule has 1 atom stereocenters. The van der Waals surface area contributed by atoms with E-state index in [0.717, 1.165) is 5.56 Å².